The molecule has 0 aromatic heterocycles. The minimum atomic E-state index is -3.74. The Bertz CT molecular complexity index is 1170. The fraction of sp³-hybridized carbons (Fsp3) is 0.240. The van der Waals surface area contributed by atoms with Crippen LogP contribution in [0.1, 0.15) is 35.3 Å². The highest BCUT2D eigenvalue weighted by Crippen LogP contribution is 2.21. The highest BCUT2D eigenvalue weighted by atomic mass is 32.2. The van der Waals surface area contributed by atoms with Crippen LogP contribution in [-0.2, 0) is 10.0 Å². The molecule has 0 unspecified atom stereocenters. The third-order valence-corrected chi connectivity index (χ3v) is 5.99. The van der Waals surface area contributed by atoms with Crippen LogP contribution in [0, 0.1) is 19.8 Å². The van der Waals surface area contributed by atoms with Crippen LogP contribution < -0.4 is 14.8 Å². The summed E-state index contributed by atoms with van der Waals surface area (Å²) in [5.41, 5.74) is 3.44. The summed E-state index contributed by atoms with van der Waals surface area (Å²) in [5.74, 6) is 0.839. The Hall–Kier alpha value is -3.32. The summed E-state index contributed by atoms with van der Waals surface area (Å²) < 4.78 is 33.6. The predicted molar refractivity (Wildman–Crippen MR) is 128 cm³/mol. The van der Waals surface area contributed by atoms with Gasteiger partial charge in [-0.15, -0.1) is 0 Å². The summed E-state index contributed by atoms with van der Waals surface area (Å²) in [6.45, 7) is 8.57. The molecule has 2 N–H and O–H groups in total. The third kappa shape index (κ3) is 6.34. The van der Waals surface area contributed by atoms with E-state index in [9.17, 15) is 13.2 Å². The van der Waals surface area contributed by atoms with Crippen molar-refractivity contribution in [3.63, 3.8) is 0 Å². The number of sulfonamides is 1. The first-order chi connectivity index (χ1) is 15.1. The third-order valence-electron chi connectivity index (χ3n) is 4.60. The summed E-state index contributed by atoms with van der Waals surface area (Å²) in [6.07, 6.45) is 0. The maximum Gasteiger partial charge on any atom is 0.261 e. The van der Waals surface area contributed by atoms with E-state index in [1.807, 2.05) is 19.9 Å². The molecule has 0 radical (unpaired) electrons. The molecule has 0 saturated heterocycles. The van der Waals surface area contributed by atoms with E-state index in [0.29, 0.717) is 35.2 Å². The number of hydrogen-bond acceptors (Lipinski definition) is 4. The summed E-state index contributed by atoms with van der Waals surface area (Å²) in [4.78, 5) is 12.6. The Balaban J connectivity index is 1.65. The fourth-order valence-corrected chi connectivity index (χ4v) is 4.17. The van der Waals surface area contributed by atoms with Crippen molar-refractivity contribution < 1.29 is 17.9 Å². The zero-order chi connectivity index (χ0) is 23.3. The average Bonchev–Trinajstić information content (AvgIpc) is 2.72. The van der Waals surface area contributed by atoms with Gasteiger partial charge in [-0.05, 0) is 91.6 Å². The lowest BCUT2D eigenvalue weighted by Gasteiger charge is -2.11. The monoisotopic (exact) mass is 452 g/mol. The number of hydrogen-bond donors (Lipinski definition) is 2. The predicted octanol–water partition coefficient (Wildman–Crippen LogP) is 5.39. The second-order valence-electron chi connectivity index (χ2n) is 8.19. The normalized spacial score (nSPS) is 11.3. The first-order valence-corrected chi connectivity index (χ1v) is 11.9. The number of benzene rings is 3. The van der Waals surface area contributed by atoms with E-state index < -0.39 is 10.0 Å². The number of rotatable bonds is 8. The smallest absolute Gasteiger partial charge is 0.261 e. The van der Waals surface area contributed by atoms with Crippen molar-refractivity contribution in [3.8, 4) is 5.75 Å². The largest absolute Gasteiger partial charge is 0.493 e. The van der Waals surface area contributed by atoms with Gasteiger partial charge in [0.2, 0.25) is 0 Å². The molecule has 0 aliphatic heterocycles. The molecule has 0 bridgehead atoms. The molecule has 3 aromatic carbocycles. The number of carbonyl (C=O) groups excluding carboxylic acids is 1. The zero-order valence-corrected chi connectivity index (χ0v) is 19.5. The Morgan fingerprint density at radius 3 is 2.03 bits per heavy atom. The van der Waals surface area contributed by atoms with Gasteiger partial charge in [-0.1, -0.05) is 19.9 Å². The number of aryl methyl sites for hydroxylation is 2. The summed E-state index contributed by atoms with van der Waals surface area (Å²) >= 11 is 0. The van der Waals surface area contributed by atoms with Crippen molar-refractivity contribution in [2.75, 3.05) is 16.6 Å². The first-order valence-electron chi connectivity index (χ1n) is 10.4. The molecule has 0 aliphatic rings. The average molecular weight is 453 g/mol. The number of nitrogens with one attached hydrogen (secondary N) is 2. The number of anilines is 2. The summed E-state index contributed by atoms with van der Waals surface area (Å²) in [6, 6.07) is 18.5. The fourth-order valence-electron chi connectivity index (χ4n) is 3.13. The van der Waals surface area contributed by atoms with Crippen molar-refractivity contribution in [2.24, 2.45) is 5.92 Å². The molecule has 3 aromatic rings. The van der Waals surface area contributed by atoms with Crippen LogP contribution >= 0.6 is 0 Å². The lowest BCUT2D eigenvalue weighted by molar-refractivity contribution is 0.102. The van der Waals surface area contributed by atoms with Gasteiger partial charge in [-0.2, -0.15) is 0 Å². The minimum absolute atomic E-state index is 0.112. The van der Waals surface area contributed by atoms with E-state index in [1.54, 1.807) is 48.5 Å². The van der Waals surface area contributed by atoms with Gasteiger partial charge >= 0.3 is 0 Å². The van der Waals surface area contributed by atoms with Gasteiger partial charge in [0.1, 0.15) is 5.75 Å². The molecular weight excluding hydrogens is 424 g/mol. The van der Waals surface area contributed by atoms with E-state index in [1.165, 1.54) is 12.1 Å². The number of ether oxygens (including phenoxy) is 1. The lowest BCUT2D eigenvalue weighted by atomic mass is 10.1. The van der Waals surface area contributed by atoms with E-state index in [0.717, 1.165) is 11.1 Å². The van der Waals surface area contributed by atoms with Crippen molar-refractivity contribution in [1.82, 2.24) is 0 Å². The number of carbonyl (C=O) groups is 1. The molecule has 0 saturated carbocycles. The van der Waals surface area contributed by atoms with E-state index in [-0.39, 0.29) is 10.8 Å². The van der Waals surface area contributed by atoms with Crippen molar-refractivity contribution in [2.45, 2.75) is 32.6 Å². The Labute approximate surface area is 189 Å². The summed E-state index contributed by atoms with van der Waals surface area (Å²) in [7, 11) is -3.74. The van der Waals surface area contributed by atoms with Crippen molar-refractivity contribution in [1.29, 1.82) is 0 Å². The molecule has 0 fully saturated rings. The Morgan fingerprint density at radius 1 is 0.875 bits per heavy atom. The van der Waals surface area contributed by atoms with Gasteiger partial charge in [0.05, 0.1) is 11.5 Å². The minimum Gasteiger partial charge on any atom is -0.493 e. The molecule has 168 valence electrons. The molecule has 7 heteroatoms. The van der Waals surface area contributed by atoms with E-state index in [4.69, 9.17) is 4.74 Å². The highest BCUT2D eigenvalue weighted by molar-refractivity contribution is 7.92. The second kappa shape index (κ2) is 9.87. The van der Waals surface area contributed by atoms with Crippen LogP contribution in [0.5, 0.6) is 5.75 Å². The van der Waals surface area contributed by atoms with Crippen LogP contribution in [0.2, 0.25) is 0 Å². The van der Waals surface area contributed by atoms with Crippen molar-refractivity contribution >= 4 is 27.3 Å². The summed E-state index contributed by atoms with van der Waals surface area (Å²) in [5, 5.41) is 2.78. The SMILES string of the molecule is Cc1cc(C)cc(NS(=O)(=O)c2ccc(NC(=O)c3ccc(OCC(C)C)cc3)cc2)c1. The standard InChI is InChI=1S/C25H28N2O4S/c1-17(2)16-31-23-9-5-20(6-10-23)25(28)26-21-7-11-24(12-8-21)32(29,30)27-22-14-18(3)13-19(4)15-22/h5-15,17,27H,16H2,1-4H3,(H,26,28). The first kappa shape index (κ1) is 23.3. The number of amides is 1. The van der Waals surface area contributed by atoms with Crippen LogP contribution in [0.3, 0.4) is 0 Å². The van der Waals surface area contributed by atoms with Gasteiger partial charge in [0.15, 0.2) is 0 Å². The van der Waals surface area contributed by atoms with Crippen LogP contribution in [0.15, 0.2) is 71.6 Å². The lowest BCUT2D eigenvalue weighted by Crippen LogP contribution is -2.14. The van der Waals surface area contributed by atoms with Gasteiger partial charge < -0.3 is 10.1 Å². The molecular formula is C25H28N2O4S. The van der Waals surface area contributed by atoms with Gasteiger partial charge in [-0.3, -0.25) is 9.52 Å². The molecule has 0 spiro atoms. The topological polar surface area (TPSA) is 84.5 Å². The van der Waals surface area contributed by atoms with Gasteiger partial charge in [0.25, 0.3) is 15.9 Å². The molecule has 32 heavy (non-hydrogen) atoms. The Kier molecular flexibility index (Phi) is 7.20. The molecule has 3 rings (SSSR count). The molecule has 0 aliphatic carbocycles. The Morgan fingerprint density at radius 2 is 1.47 bits per heavy atom. The van der Waals surface area contributed by atoms with Crippen LogP contribution in [0.4, 0.5) is 11.4 Å². The zero-order valence-electron chi connectivity index (χ0n) is 18.7. The quantitative estimate of drug-likeness (QED) is 0.480. The molecule has 0 atom stereocenters. The molecule has 6 nitrogen and oxygen atoms in total. The van der Waals surface area contributed by atoms with Gasteiger partial charge in [0, 0.05) is 16.9 Å². The van der Waals surface area contributed by atoms with E-state index in [2.05, 4.69) is 23.9 Å². The van der Waals surface area contributed by atoms with Crippen LogP contribution in [-0.4, -0.2) is 20.9 Å². The van der Waals surface area contributed by atoms with Crippen LogP contribution in [0.25, 0.3) is 0 Å². The maximum absolute atomic E-state index is 12.7. The maximum atomic E-state index is 12.7. The van der Waals surface area contributed by atoms with Crippen molar-refractivity contribution in [3.05, 3.63) is 83.4 Å². The second-order valence-corrected chi connectivity index (χ2v) is 9.87. The molecule has 0 heterocycles. The van der Waals surface area contributed by atoms with Gasteiger partial charge in [-0.25, -0.2) is 8.42 Å². The van der Waals surface area contributed by atoms with E-state index >= 15 is 0 Å². The molecule has 1 amide bonds. The highest BCUT2D eigenvalue weighted by Gasteiger charge is 2.15.